The lowest BCUT2D eigenvalue weighted by atomic mass is 10.2. The number of pyridine rings is 1. The first-order valence-corrected chi connectivity index (χ1v) is 6.62. The van der Waals surface area contributed by atoms with Crippen molar-refractivity contribution in [3.05, 3.63) is 22.3 Å². The third-order valence-electron chi connectivity index (χ3n) is 2.89. The number of anilines is 1. The Morgan fingerprint density at radius 1 is 1.58 bits per heavy atom. The molecule has 4 nitrogen and oxygen atoms in total. The minimum Gasteiger partial charge on any atom is -0.397 e. The first-order chi connectivity index (χ1) is 8.95. The number of aryl methyl sites for hydroxylation is 2. The van der Waals surface area contributed by atoms with Crippen molar-refractivity contribution in [3.63, 3.8) is 0 Å². The minimum atomic E-state index is -0.145. The summed E-state index contributed by atoms with van der Waals surface area (Å²) < 4.78 is 0.986. The summed E-state index contributed by atoms with van der Waals surface area (Å²) in [5.41, 5.74) is 8.36. The molecule has 0 fully saturated rings. The molecular weight excluding hydrogens is 258 g/mol. The molecule has 2 aromatic rings. The topological polar surface area (TPSA) is 59.2 Å². The van der Waals surface area contributed by atoms with Crippen molar-refractivity contribution in [2.75, 3.05) is 19.3 Å². The Hall–Kier alpha value is -2.06. The Balaban J connectivity index is 2.58. The first-order valence-electron chi connectivity index (χ1n) is 5.80. The number of nitrogens with two attached hydrogens (primary N) is 1. The summed E-state index contributed by atoms with van der Waals surface area (Å²) in [6.45, 7) is 4.09. The number of hydrogen-bond acceptors (Lipinski definition) is 4. The van der Waals surface area contributed by atoms with E-state index in [0.29, 0.717) is 10.6 Å². The van der Waals surface area contributed by atoms with Crippen LogP contribution in [0.2, 0.25) is 0 Å². The third-order valence-corrected chi connectivity index (χ3v) is 4.03. The van der Waals surface area contributed by atoms with E-state index in [9.17, 15) is 4.79 Å². The van der Waals surface area contributed by atoms with E-state index >= 15 is 0 Å². The lowest BCUT2D eigenvalue weighted by Crippen LogP contribution is -2.26. The van der Waals surface area contributed by atoms with Crippen molar-refractivity contribution in [2.45, 2.75) is 13.8 Å². The molecule has 5 heteroatoms. The van der Waals surface area contributed by atoms with Crippen molar-refractivity contribution in [2.24, 2.45) is 0 Å². The van der Waals surface area contributed by atoms with Gasteiger partial charge in [-0.05, 0) is 19.9 Å². The Kier molecular flexibility index (Phi) is 3.45. The van der Waals surface area contributed by atoms with Crippen LogP contribution in [0.3, 0.4) is 0 Å². The SMILES string of the molecule is C#CCN(C)C(=O)c1sc2cc(C)nc(C)c2c1N. The van der Waals surface area contributed by atoms with Crippen molar-refractivity contribution in [1.82, 2.24) is 9.88 Å². The number of thiophene rings is 1. The first kappa shape index (κ1) is 13.4. The second-order valence-electron chi connectivity index (χ2n) is 4.43. The maximum absolute atomic E-state index is 12.3. The van der Waals surface area contributed by atoms with E-state index in [1.54, 1.807) is 7.05 Å². The summed E-state index contributed by atoms with van der Waals surface area (Å²) in [7, 11) is 1.67. The van der Waals surface area contributed by atoms with Crippen LogP contribution in [0.5, 0.6) is 0 Å². The summed E-state index contributed by atoms with van der Waals surface area (Å²) in [4.78, 5) is 18.7. The molecule has 2 rings (SSSR count). The van der Waals surface area contributed by atoms with Crippen LogP contribution in [0, 0.1) is 26.2 Å². The number of carbonyl (C=O) groups excluding carboxylic acids is 1. The molecule has 0 spiro atoms. The Morgan fingerprint density at radius 3 is 2.89 bits per heavy atom. The number of amides is 1. The van der Waals surface area contributed by atoms with Crippen LogP contribution in [0.1, 0.15) is 21.1 Å². The highest BCUT2D eigenvalue weighted by atomic mass is 32.1. The molecule has 98 valence electrons. The Bertz CT molecular complexity index is 697. The van der Waals surface area contributed by atoms with Gasteiger partial charge in [0.15, 0.2) is 0 Å². The van der Waals surface area contributed by atoms with Gasteiger partial charge in [-0.25, -0.2) is 0 Å². The average molecular weight is 273 g/mol. The zero-order chi connectivity index (χ0) is 14.2. The fraction of sp³-hybridized carbons (Fsp3) is 0.286. The molecule has 0 saturated heterocycles. The zero-order valence-corrected chi connectivity index (χ0v) is 12.0. The van der Waals surface area contributed by atoms with E-state index < -0.39 is 0 Å². The molecule has 0 atom stereocenters. The molecule has 0 aromatic carbocycles. The van der Waals surface area contributed by atoms with Crippen molar-refractivity contribution >= 4 is 33.0 Å². The van der Waals surface area contributed by atoms with Crippen LogP contribution >= 0.6 is 11.3 Å². The minimum absolute atomic E-state index is 0.145. The van der Waals surface area contributed by atoms with E-state index in [0.717, 1.165) is 21.5 Å². The Morgan fingerprint density at radius 2 is 2.26 bits per heavy atom. The lowest BCUT2D eigenvalue weighted by Gasteiger charge is -2.12. The molecule has 0 saturated carbocycles. The normalized spacial score (nSPS) is 10.4. The molecule has 2 heterocycles. The van der Waals surface area contributed by atoms with E-state index in [1.165, 1.54) is 16.2 Å². The van der Waals surface area contributed by atoms with Gasteiger partial charge in [0.1, 0.15) is 4.88 Å². The van der Waals surface area contributed by atoms with Gasteiger partial charge in [-0.3, -0.25) is 9.78 Å². The van der Waals surface area contributed by atoms with Gasteiger partial charge >= 0.3 is 0 Å². The molecular formula is C14H15N3OS. The number of aromatic nitrogens is 1. The summed E-state index contributed by atoms with van der Waals surface area (Å²) in [6.07, 6.45) is 5.22. The van der Waals surface area contributed by atoms with Crippen molar-refractivity contribution in [3.8, 4) is 12.3 Å². The fourth-order valence-electron chi connectivity index (χ4n) is 2.02. The second kappa shape index (κ2) is 4.90. The highest BCUT2D eigenvalue weighted by Crippen LogP contribution is 2.36. The number of terminal acetylenes is 1. The molecule has 0 radical (unpaired) electrons. The second-order valence-corrected chi connectivity index (χ2v) is 5.48. The van der Waals surface area contributed by atoms with Crippen molar-refractivity contribution < 1.29 is 4.79 Å². The average Bonchev–Trinajstić information content (AvgIpc) is 2.65. The highest BCUT2D eigenvalue weighted by molar-refractivity contribution is 7.21. The van der Waals surface area contributed by atoms with Crippen LogP contribution in [0.4, 0.5) is 5.69 Å². The molecule has 0 aliphatic rings. The number of nitrogens with zero attached hydrogens (tertiary/aromatic N) is 2. The number of rotatable bonds is 2. The van der Waals surface area contributed by atoms with Gasteiger partial charge in [0.05, 0.1) is 12.2 Å². The van der Waals surface area contributed by atoms with Gasteiger partial charge in [0.2, 0.25) is 0 Å². The summed E-state index contributed by atoms with van der Waals surface area (Å²) in [5.74, 6) is 2.30. The third kappa shape index (κ3) is 2.27. The molecule has 0 aliphatic heterocycles. The van der Waals surface area contributed by atoms with Crippen LogP contribution in [-0.4, -0.2) is 29.4 Å². The van der Waals surface area contributed by atoms with Gasteiger partial charge in [0, 0.05) is 28.5 Å². The Labute approximate surface area is 116 Å². The van der Waals surface area contributed by atoms with Crippen LogP contribution in [-0.2, 0) is 0 Å². The summed E-state index contributed by atoms with van der Waals surface area (Å²) in [6, 6.07) is 1.95. The monoisotopic (exact) mass is 273 g/mol. The van der Waals surface area contributed by atoms with E-state index in [2.05, 4.69) is 10.9 Å². The zero-order valence-electron chi connectivity index (χ0n) is 11.2. The van der Waals surface area contributed by atoms with Gasteiger partial charge in [-0.1, -0.05) is 5.92 Å². The van der Waals surface area contributed by atoms with E-state index in [-0.39, 0.29) is 12.5 Å². The standard InChI is InChI=1S/C14H15N3OS/c1-5-6-17(4)14(18)13-12(15)11-9(3)16-8(2)7-10(11)19-13/h1,7H,6,15H2,2-4H3. The highest BCUT2D eigenvalue weighted by Gasteiger charge is 2.20. The van der Waals surface area contributed by atoms with Gasteiger partial charge < -0.3 is 10.6 Å². The van der Waals surface area contributed by atoms with Crippen molar-refractivity contribution in [1.29, 1.82) is 0 Å². The van der Waals surface area contributed by atoms with E-state index in [4.69, 9.17) is 12.2 Å². The molecule has 1 amide bonds. The maximum atomic E-state index is 12.3. The quantitative estimate of drug-likeness (QED) is 0.853. The fourth-order valence-corrected chi connectivity index (χ4v) is 3.28. The van der Waals surface area contributed by atoms with Crippen LogP contribution in [0.15, 0.2) is 6.07 Å². The molecule has 2 aromatic heterocycles. The van der Waals surface area contributed by atoms with Crippen LogP contribution in [0.25, 0.3) is 10.1 Å². The van der Waals surface area contributed by atoms with Gasteiger partial charge in [-0.15, -0.1) is 17.8 Å². The molecule has 0 bridgehead atoms. The summed E-state index contributed by atoms with van der Waals surface area (Å²) >= 11 is 1.39. The lowest BCUT2D eigenvalue weighted by molar-refractivity contribution is 0.0818. The van der Waals surface area contributed by atoms with Crippen LogP contribution < -0.4 is 5.73 Å². The van der Waals surface area contributed by atoms with Gasteiger partial charge in [-0.2, -0.15) is 0 Å². The molecule has 2 N–H and O–H groups in total. The molecule has 0 aliphatic carbocycles. The number of hydrogen-bond donors (Lipinski definition) is 1. The smallest absolute Gasteiger partial charge is 0.266 e. The predicted octanol–water partition coefficient (Wildman–Crippen LogP) is 2.20. The number of carbonyl (C=O) groups is 1. The van der Waals surface area contributed by atoms with E-state index in [1.807, 2.05) is 19.9 Å². The largest absolute Gasteiger partial charge is 0.397 e. The van der Waals surface area contributed by atoms with Gasteiger partial charge in [0.25, 0.3) is 5.91 Å². The molecule has 19 heavy (non-hydrogen) atoms. The number of fused-ring (bicyclic) bond motifs is 1. The number of nitrogen functional groups attached to an aromatic ring is 1. The maximum Gasteiger partial charge on any atom is 0.266 e. The molecule has 0 unspecified atom stereocenters. The predicted molar refractivity (Wildman–Crippen MR) is 79.3 cm³/mol. The summed E-state index contributed by atoms with van der Waals surface area (Å²) in [5, 5.41) is 0.869.